The van der Waals surface area contributed by atoms with Crippen molar-refractivity contribution in [1.29, 1.82) is 0 Å². The Morgan fingerprint density at radius 1 is 1.00 bits per heavy atom. The van der Waals surface area contributed by atoms with Gasteiger partial charge in [0.25, 0.3) is 0 Å². The maximum atomic E-state index is 11.2. The molecule has 5 N–H and O–H groups in total. The van der Waals surface area contributed by atoms with Crippen LogP contribution < -0.4 is 9.47 Å². The van der Waals surface area contributed by atoms with Crippen LogP contribution in [0.15, 0.2) is 18.2 Å². The van der Waals surface area contributed by atoms with Gasteiger partial charge in [-0.15, -0.1) is 0 Å². The van der Waals surface area contributed by atoms with Crippen LogP contribution in [0.25, 0.3) is 0 Å². The van der Waals surface area contributed by atoms with Gasteiger partial charge in [-0.25, -0.2) is 9.59 Å². The van der Waals surface area contributed by atoms with E-state index in [1.165, 1.54) is 18.2 Å². The second-order valence-electron chi connectivity index (χ2n) is 6.52. The molecule has 28 heavy (non-hydrogen) atoms. The molecular weight excluding hydrogens is 376 g/mol. The van der Waals surface area contributed by atoms with Gasteiger partial charge in [0.15, 0.2) is 6.61 Å². The Morgan fingerprint density at radius 3 is 2.25 bits per heavy atom. The number of aliphatic carboxylic acids is 1. The molecule has 1 heterocycles. The lowest BCUT2D eigenvalue weighted by Gasteiger charge is -2.39. The predicted octanol–water partition coefficient (Wildman–Crippen LogP) is -0.123. The smallest absolute Gasteiger partial charge is 0.341 e. The van der Waals surface area contributed by atoms with E-state index in [1.807, 2.05) is 0 Å². The lowest BCUT2D eigenvalue weighted by molar-refractivity contribution is -0.218. The molecule has 0 unspecified atom stereocenters. The predicted molar refractivity (Wildman–Crippen MR) is 93.6 cm³/mol. The van der Waals surface area contributed by atoms with Crippen molar-refractivity contribution < 1.29 is 49.3 Å². The molecule has 1 aliphatic heterocycles. The summed E-state index contributed by atoms with van der Waals surface area (Å²) < 4.78 is 16.0. The lowest BCUT2D eigenvalue weighted by Crippen LogP contribution is -2.56. The molecule has 1 fully saturated rings. The highest BCUT2D eigenvalue weighted by atomic mass is 16.5. The average Bonchev–Trinajstić information content (AvgIpc) is 2.65. The molecule has 0 radical (unpaired) electrons. The normalized spacial score (nSPS) is 27.2. The zero-order valence-electron chi connectivity index (χ0n) is 15.2. The van der Waals surface area contributed by atoms with Crippen LogP contribution in [0.3, 0.4) is 0 Å². The molecule has 2 rings (SSSR count). The quantitative estimate of drug-likeness (QED) is 0.353. The fourth-order valence-corrected chi connectivity index (χ4v) is 2.86. The van der Waals surface area contributed by atoms with Crippen LogP contribution in [-0.2, 0) is 9.53 Å². The summed E-state index contributed by atoms with van der Waals surface area (Å²) >= 11 is 0. The third kappa shape index (κ3) is 5.80. The molecule has 0 aromatic heterocycles. The van der Waals surface area contributed by atoms with E-state index in [2.05, 4.69) is 0 Å². The summed E-state index contributed by atoms with van der Waals surface area (Å²) in [5, 5.41) is 47.2. The number of carboxylic acids is 2. The number of hydrogen-bond acceptors (Lipinski definition) is 8. The van der Waals surface area contributed by atoms with Crippen LogP contribution in [0.4, 0.5) is 0 Å². The molecule has 10 nitrogen and oxygen atoms in total. The van der Waals surface area contributed by atoms with Crippen LogP contribution in [0, 0.1) is 0 Å². The number of aliphatic hydroxyl groups is 3. The minimum Gasteiger partial charge on any atom is -0.493 e. The van der Waals surface area contributed by atoms with Crippen molar-refractivity contribution >= 4 is 11.9 Å². The second kappa shape index (κ2) is 9.69. The Labute approximate surface area is 160 Å². The van der Waals surface area contributed by atoms with E-state index < -0.39 is 49.1 Å². The maximum absolute atomic E-state index is 11.2. The first-order chi connectivity index (χ1) is 13.2. The van der Waals surface area contributed by atoms with Gasteiger partial charge in [0.05, 0.1) is 24.4 Å². The Kier molecular flexibility index (Phi) is 7.58. The molecule has 0 bridgehead atoms. The molecule has 1 aromatic rings. The van der Waals surface area contributed by atoms with Crippen molar-refractivity contribution in [3.63, 3.8) is 0 Å². The van der Waals surface area contributed by atoms with Crippen molar-refractivity contribution in [2.75, 3.05) is 13.2 Å². The fraction of sp³-hybridized carbons (Fsp3) is 0.556. The number of carbonyl (C=O) groups is 2. The first kappa shape index (κ1) is 21.9. The Hall–Kier alpha value is -2.40. The topological polar surface area (TPSA) is 163 Å². The van der Waals surface area contributed by atoms with Crippen molar-refractivity contribution in [1.82, 2.24) is 0 Å². The highest BCUT2D eigenvalue weighted by Gasteiger charge is 2.41. The third-order valence-corrected chi connectivity index (χ3v) is 4.34. The fourth-order valence-electron chi connectivity index (χ4n) is 2.86. The van der Waals surface area contributed by atoms with E-state index in [-0.39, 0.29) is 23.7 Å². The average molecular weight is 400 g/mol. The van der Waals surface area contributed by atoms with Gasteiger partial charge in [-0.05, 0) is 31.9 Å². The molecule has 0 aliphatic carbocycles. The molecular formula is C18H24O10. The number of aromatic carboxylic acids is 1. The first-order valence-electron chi connectivity index (χ1n) is 8.74. The zero-order chi connectivity index (χ0) is 20.8. The van der Waals surface area contributed by atoms with Crippen molar-refractivity contribution in [2.45, 2.75) is 50.3 Å². The molecule has 10 heteroatoms. The summed E-state index contributed by atoms with van der Waals surface area (Å²) in [6, 6.07) is 3.85. The van der Waals surface area contributed by atoms with Gasteiger partial charge >= 0.3 is 11.9 Å². The monoisotopic (exact) mass is 400 g/mol. The van der Waals surface area contributed by atoms with Crippen LogP contribution in [0.1, 0.15) is 30.1 Å². The highest BCUT2D eigenvalue weighted by Crippen LogP contribution is 2.25. The lowest BCUT2D eigenvalue weighted by atomic mass is 9.93. The molecule has 156 valence electrons. The number of aliphatic hydroxyl groups excluding tert-OH is 3. The Balaban J connectivity index is 1.91. The third-order valence-electron chi connectivity index (χ3n) is 4.34. The van der Waals surface area contributed by atoms with E-state index in [0.29, 0.717) is 12.8 Å². The SMILES string of the molecule is C[C@@H]1O[C@@H](CCCOc2cc(OCC(=O)O)cc(C(=O)O)c2)[C@@H](O)[C@H](O)[C@@H]1O. The highest BCUT2D eigenvalue weighted by molar-refractivity contribution is 5.88. The Morgan fingerprint density at radius 2 is 1.64 bits per heavy atom. The minimum absolute atomic E-state index is 0.0503. The maximum Gasteiger partial charge on any atom is 0.341 e. The Bertz CT molecular complexity index is 691. The summed E-state index contributed by atoms with van der Waals surface area (Å²) in [6.07, 6.45) is -4.21. The van der Waals surface area contributed by atoms with Crippen molar-refractivity contribution in [2.24, 2.45) is 0 Å². The van der Waals surface area contributed by atoms with Crippen molar-refractivity contribution in [3.05, 3.63) is 23.8 Å². The molecule has 5 atom stereocenters. The van der Waals surface area contributed by atoms with E-state index in [9.17, 15) is 24.9 Å². The second-order valence-corrected chi connectivity index (χ2v) is 6.52. The van der Waals surface area contributed by atoms with Gasteiger partial charge in [-0.3, -0.25) is 0 Å². The summed E-state index contributed by atoms with van der Waals surface area (Å²) in [7, 11) is 0. The summed E-state index contributed by atoms with van der Waals surface area (Å²) in [5.41, 5.74) is -0.116. The van der Waals surface area contributed by atoms with Gasteiger partial charge in [0, 0.05) is 6.07 Å². The summed E-state index contributed by atoms with van der Waals surface area (Å²) in [5.74, 6) is -2.18. The van der Waals surface area contributed by atoms with E-state index >= 15 is 0 Å². The number of benzene rings is 1. The van der Waals surface area contributed by atoms with Crippen LogP contribution in [0.5, 0.6) is 11.5 Å². The van der Waals surface area contributed by atoms with Gasteiger partial charge in [-0.1, -0.05) is 0 Å². The summed E-state index contributed by atoms with van der Waals surface area (Å²) in [4.78, 5) is 21.8. The molecule has 1 aromatic carbocycles. The van der Waals surface area contributed by atoms with Gasteiger partial charge in [0.1, 0.15) is 29.8 Å². The number of hydrogen-bond donors (Lipinski definition) is 5. The first-order valence-corrected chi connectivity index (χ1v) is 8.74. The van der Waals surface area contributed by atoms with Crippen molar-refractivity contribution in [3.8, 4) is 11.5 Å². The minimum atomic E-state index is -1.30. The van der Waals surface area contributed by atoms with Crippen LogP contribution >= 0.6 is 0 Å². The van der Waals surface area contributed by atoms with Gasteiger partial charge < -0.3 is 39.7 Å². The molecule has 1 saturated heterocycles. The standard InChI is InChI=1S/C18H24O10/c1-9-15(21)17(23)16(22)13(28-9)3-2-4-26-11-5-10(18(24)25)6-12(7-11)27-8-14(19)20/h5-7,9,13,15-17,21-23H,2-4,8H2,1H3,(H,19,20)(H,24,25)/t9-,13-,15+,16+,17+/m0/s1. The molecule has 0 saturated carbocycles. The van der Waals surface area contributed by atoms with Crippen LogP contribution in [-0.4, -0.2) is 81.2 Å². The number of rotatable bonds is 9. The summed E-state index contributed by atoms with van der Waals surface area (Å²) in [6.45, 7) is 1.13. The molecule has 0 spiro atoms. The van der Waals surface area contributed by atoms with E-state index in [1.54, 1.807) is 6.92 Å². The molecule has 1 aliphatic rings. The van der Waals surface area contributed by atoms with E-state index in [4.69, 9.17) is 24.4 Å². The van der Waals surface area contributed by atoms with E-state index in [0.717, 1.165) is 0 Å². The van der Waals surface area contributed by atoms with Gasteiger partial charge in [0.2, 0.25) is 0 Å². The number of ether oxygens (including phenoxy) is 3. The largest absolute Gasteiger partial charge is 0.493 e. The zero-order valence-corrected chi connectivity index (χ0v) is 15.2. The van der Waals surface area contributed by atoms with Gasteiger partial charge in [-0.2, -0.15) is 0 Å². The van der Waals surface area contributed by atoms with Crippen LogP contribution in [0.2, 0.25) is 0 Å². The molecule has 0 amide bonds. The number of carboxylic acid groups (broad SMARTS) is 2.